The van der Waals surface area contributed by atoms with Gasteiger partial charge in [0.25, 0.3) is 0 Å². The minimum atomic E-state index is -5.75. The van der Waals surface area contributed by atoms with Crippen LogP contribution in [0, 0.1) is 0 Å². The molecule has 0 saturated heterocycles. The molecule has 0 saturated carbocycles. The Bertz CT molecular complexity index is 518. The maximum atomic E-state index is 13.2. The SMILES string of the molecule is COc1cc([C@H](N)C(F)(F)C(F)(F)F)cc2c1OCO2. The van der Waals surface area contributed by atoms with E-state index in [1.54, 1.807) is 0 Å². The third-order valence-corrected chi connectivity index (χ3v) is 2.81. The fourth-order valence-corrected chi connectivity index (χ4v) is 1.72. The third kappa shape index (κ3) is 2.21. The van der Waals surface area contributed by atoms with Gasteiger partial charge in [-0.25, -0.2) is 0 Å². The van der Waals surface area contributed by atoms with E-state index < -0.39 is 23.7 Å². The van der Waals surface area contributed by atoms with E-state index in [0.717, 1.165) is 12.1 Å². The van der Waals surface area contributed by atoms with Crippen molar-refractivity contribution in [3.05, 3.63) is 17.7 Å². The summed E-state index contributed by atoms with van der Waals surface area (Å²) in [6.45, 7) is -0.181. The smallest absolute Gasteiger partial charge is 0.455 e. The predicted octanol–water partition coefficient (Wildman–Crippen LogP) is 2.62. The highest BCUT2D eigenvalue weighted by Gasteiger charge is 2.61. The number of methoxy groups -OCH3 is 1. The average Bonchev–Trinajstić information content (AvgIpc) is 2.83. The molecule has 0 spiro atoms. The first-order valence-electron chi connectivity index (χ1n) is 5.36. The number of ether oxygens (including phenoxy) is 3. The molecule has 1 aliphatic heterocycles. The first-order valence-corrected chi connectivity index (χ1v) is 5.36. The summed E-state index contributed by atoms with van der Waals surface area (Å²) in [6, 6.07) is -0.626. The molecule has 1 aromatic carbocycles. The van der Waals surface area contributed by atoms with Crippen molar-refractivity contribution < 1.29 is 36.2 Å². The average molecular weight is 299 g/mol. The summed E-state index contributed by atoms with van der Waals surface area (Å²) < 4.78 is 78.2. The van der Waals surface area contributed by atoms with Gasteiger partial charge in [-0.2, -0.15) is 22.0 Å². The summed E-state index contributed by atoms with van der Waals surface area (Å²) >= 11 is 0. The highest BCUT2D eigenvalue weighted by molar-refractivity contribution is 5.55. The lowest BCUT2D eigenvalue weighted by atomic mass is 10.00. The van der Waals surface area contributed by atoms with E-state index in [1.807, 2.05) is 0 Å². The van der Waals surface area contributed by atoms with Crippen LogP contribution in [0.15, 0.2) is 12.1 Å². The normalized spacial score (nSPS) is 16.1. The minimum Gasteiger partial charge on any atom is -0.493 e. The van der Waals surface area contributed by atoms with Crippen LogP contribution in [0.1, 0.15) is 11.6 Å². The van der Waals surface area contributed by atoms with Gasteiger partial charge in [0.15, 0.2) is 11.5 Å². The largest absolute Gasteiger partial charge is 0.493 e. The Balaban J connectivity index is 2.44. The van der Waals surface area contributed by atoms with Gasteiger partial charge in [-0.05, 0) is 17.7 Å². The number of halogens is 5. The maximum Gasteiger partial charge on any atom is 0.455 e. The predicted molar refractivity (Wildman–Crippen MR) is 57.0 cm³/mol. The molecule has 0 aromatic heterocycles. The van der Waals surface area contributed by atoms with Crippen LogP contribution in [0.4, 0.5) is 22.0 Å². The molecule has 0 amide bonds. The standard InChI is InChI=1S/C11H10F5NO3/c1-18-6-2-5(3-7-8(6)20-4-19-7)9(17)10(12,13)11(14,15)16/h2-3,9H,4,17H2,1H3/t9-/m0/s1. The van der Waals surface area contributed by atoms with Gasteiger partial charge >= 0.3 is 12.1 Å². The molecule has 1 aliphatic rings. The second-order valence-electron chi connectivity index (χ2n) is 4.06. The molecule has 2 rings (SSSR count). The molecule has 1 atom stereocenters. The van der Waals surface area contributed by atoms with E-state index in [2.05, 4.69) is 0 Å². The van der Waals surface area contributed by atoms with Gasteiger partial charge in [-0.1, -0.05) is 0 Å². The van der Waals surface area contributed by atoms with Crippen LogP contribution >= 0.6 is 0 Å². The van der Waals surface area contributed by atoms with Crippen LogP contribution in [0.2, 0.25) is 0 Å². The molecule has 0 radical (unpaired) electrons. The molecule has 112 valence electrons. The van der Waals surface area contributed by atoms with Crippen molar-refractivity contribution in [1.29, 1.82) is 0 Å². The van der Waals surface area contributed by atoms with Crippen LogP contribution in [0.3, 0.4) is 0 Å². The van der Waals surface area contributed by atoms with Crippen molar-refractivity contribution in [2.24, 2.45) is 5.73 Å². The van der Waals surface area contributed by atoms with Gasteiger partial charge < -0.3 is 19.9 Å². The zero-order valence-corrected chi connectivity index (χ0v) is 10.1. The van der Waals surface area contributed by atoms with E-state index in [9.17, 15) is 22.0 Å². The number of nitrogens with two attached hydrogens (primary N) is 1. The maximum absolute atomic E-state index is 13.2. The molecule has 1 aromatic rings. The molecule has 0 aliphatic carbocycles. The molecule has 9 heteroatoms. The van der Waals surface area contributed by atoms with E-state index in [1.165, 1.54) is 7.11 Å². The van der Waals surface area contributed by atoms with Gasteiger partial charge in [0.1, 0.15) is 6.04 Å². The number of fused-ring (bicyclic) bond motifs is 1. The second kappa shape index (κ2) is 4.65. The lowest BCUT2D eigenvalue weighted by Gasteiger charge is -2.26. The van der Waals surface area contributed by atoms with Gasteiger partial charge in [0.05, 0.1) is 7.11 Å². The van der Waals surface area contributed by atoms with Gasteiger partial charge in [0.2, 0.25) is 12.5 Å². The summed E-state index contributed by atoms with van der Waals surface area (Å²) in [5, 5.41) is 0. The molecule has 1 heterocycles. The summed E-state index contributed by atoms with van der Waals surface area (Å²) in [4.78, 5) is 0. The Labute approximate surface area is 110 Å². The number of alkyl halides is 5. The summed E-state index contributed by atoms with van der Waals surface area (Å²) in [5.41, 5.74) is 4.59. The fraction of sp³-hybridized carbons (Fsp3) is 0.455. The van der Waals surface area contributed by atoms with Crippen LogP contribution < -0.4 is 19.9 Å². The van der Waals surface area contributed by atoms with Crippen LogP contribution in [-0.2, 0) is 0 Å². The Morgan fingerprint density at radius 2 is 1.85 bits per heavy atom. The zero-order chi connectivity index (χ0) is 15.1. The second-order valence-corrected chi connectivity index (χ2v) is 4.06. The highest BCUT2D eigenvalue weighted by atomic mass is 19.4. The van der Waals surface area contributed by atoms with Crippen molar-refractivity contribution in [3.63, 3.8) is 0 Å². The van der Waals surface area contributed by atoms with E-state index in [0.29, 0.717) is 0 Å². The molecule has 0 unspecified atom stereocenters. The number of hydrogen-bond acceptors (Lipinski definition) is 4. The van der Waals surface area contributed by atoms with Gasteiger partial charge in [-0.15, -0.1) is 0 Å². The fourth-order valence-electron chi connectivity index (χ4n) is 1.72. The van der Waals surface area contributed by atoms with E-state index in [-0.39, 0.29) is 24.0 Å². The quantitative estimate of drug-likeness (QED) is 0.872. The molecule has 20 heavy (non-hydrogen) atoms. The monoisotopic (exact) mass is 299 g/mol. The van der Waals surface area contributed by atoms with Crippen molar-refractivity contribution >= 4 is 0 Å². The first-order chi connectivity index (χ1) is 9.18. The Morgan fingerprint density at radius 1 is 1.20 bits per heavy atom. The molecule has 0 fully saturated rings. The minimum absolute atomic E-state index is 0.00720. The molecular formula is C11H10F5NO3. The van der Waals surface area contributed by atoms with Crippen molar-refractivity contribution in [2.75, 3.05) is 13.9 Å². The third-order valence-electron chi connectivity index (χ3n) is 2.81. The van der Waals surface area contributed by atoms with E-state index in [4.69, 9.17) is 19.9 Å². The molecular weight excluding hydrogens is 289 g/mol. The van der Waals surface area contributed by atoms with Crippen molar-refractivity contribution in [2.45, 2.75) is 18.1 Å². The Kier molecular flexibility index (Phi) is 3.41. The van der Waals surface area contributed by atoms with Crippen LogP contribution in [0.25, 0.3) is 0 Å². The topological polar surface area (TPSA) is 53.7 Å². The Morgan fingerprint density at radius 3 is 2.40 bits per heavy atom. The first kappa shape index (κ1) is 14.6. The lowest BCUT2D eigenvalue weighted by Crippen LogP contribution is -2.45. The molecule has 0 bridgehead atoms. The van der Waals surface area contributed by atoms with E-state index >= 15 is 0 Å². The number of hydrogen-bond donors (Lipinski definition) is 1. The lowest BCUT2D eigenvalue weighted by molar-refractivity contribution is -0.291. The van der Waals surface area contributed by atoms with Crippen molar-refractivity contribution in [3.8, 4) is 17.2 Å². The Hall–Kier alpha value is -1.77. The molecule has 4 nitrogen and oxygen atoms in total. The summed E-state index contributed by atoms with van der Waals surface area (Å²) in [5.74, 6) is -4.96. The van der Waals surface area contributed by atoms with Gasteiger partial charge in [0, 0.05) is 0 Å². The van der Waals surface area contributed by atoms with Crippen LogP contribution in [0.5, 0.6) is 17.2 Å². The van der Waals surface area contributed by atoms with Crippen molar-refractivity contribution in [1.82, 2.24) is 0 Å². The van der Waals surface area contributed by atoms with Gasteiger partial charge in [-0.3, -0.25) is 0 Å². The van der Waals surface area contributed by atoms with Crippen LogP contribution in [-0.4, -0.2) is 26.0 Å². The zero-order valence-electron chi connectivity index (χ0n) is 10.1. The summed E-state index contributed by atoms with van der Waals surface area (Å²) in [7, 11) is 1.22. The number of benzene rings is 1. The number of rotatable bonds is 3. The molecule has 2 N–H and O–H groups in total. The highest BCUT2D eigenvalue weighted by Crippen LogP contribution is 2.48. The summed E-state index contributed by atoms with van der Waals surface area (Å²) in [6.07, 6.45) is -5.75.